The molecule has 0 radical (unpaired) electrons. The molecule has 0 aromatic heterocycles. The third-order valence-electron chi connectivity index (χ3n) is 4.23. The van der Waals surface area contributed by atoms with Gasteiger partial charge in [-0.25, -0.2) is 4.39 Å². The van der Waals surface area contributed by atoms with Crippen molar-refractivity contribution in [1.82, 2.24) is 4.90 Å². The number of para-hydroxylation sites is 3. The quantitative estimate of drug-likeness (QED) is 0.906. The van der Waals surface area contributed by atoms with Crippen LogP contribution < -0.4 is 14.8 Å². The Labute approximate surface area is 146 Å². The van der Waals surface area contributed by atoms with Gasteiger partial charge in [0.2, 0.25) is 5.91 Å². The van der Waals surface area contributed by atoms with Crippen LogP contribution in [-0.4, -0.2) is 43.2 Å². The second-order valence-corrected chi connectivity index (χ2v) is 6.08. The van der Waals surface area contributed by atoms with Crippen LogP contribution in [0.4, 0.5) is 10.1 Å². The molecular weight excluding hydrogens is 323 g/mol. The second kappa shape index (κ2) is 7.53. The van der Waals surface area contributed by atoms with Crippen LogP contribution >= 0.6 is 0 Å². The molecule has 2 aromatic carbocycles. The number of halogens is 1. The molecule has 0 bridgehead atoms. The lowest BCUT2D eigenvalue weighted by Crippen LogP contribution is -2.46. The Morgan fingerprint density at radius 1 is 1.24 bits per heavy atom. The Hall–Kier alpha value is -2.60. The number of likely N-dealkylation sites (N-methyl/N-ethyl adjacent to an activating group) is 1. The molecule has 5 nitrogen and oxygen atoms in total. The standard InChI is InChI=1S/C19H21FN2O3/c1-13(19(23)21-16-8-4-3-7-15(16)20)22(2)11-14-12-24-17-9-5-6-10-18(17)25-14/h3-10,13-14H,11-12H2,1-2H3,(H,21,23)/t13-,14+/m0/s1. The van der Waals surface area contributed by atoms with Gasteiger partial charge < -0.3 is 14.8 Å². The van der Waals surface area contributed by atoms with Gasteiger partial charge in [-0.05, 0) is 38.2 Å². The van der Waals surface area contributed by atoms with Gasteiger partial charge in [-0.3, -0.25) is 9.69 Å². The van der Waals surface area contributed by atoms with E-state index < -0.39 is 11.9 Å². The number of carbonyl (C=O) groups excluding carboxylic acids is 1. The van der Waals surface area contributed by atoms with Crippen molar-refractivity contribution in [1.29, 1.82) is 0 Å². The SMILES string of the molecule is C[C@@H](C(=O)Nc1ccccc1F)N(C)C[C@@H]1COc2ccccc2O1. The van der Waals surface area contributed by atoms with E-state index in [-0.39, 0.29) is 17.7 Å². The zero-order chi connectivity index (χ0) is 17.8. The average Bonchev–Trinajstić information content (AvgIpc) is 2.62. The number of carbonyl (C=O) groups is 1. The molecule has 1 heterocycles. The average molecular weight is 344 g/mol. The first kappa shape index (κ1) is 17.2. The van der Waals surface area contributed by atoms with Gasteiger partial charge in [-0.2, -0.15) is 0 Å². The van der Waals surface area contributed by atoms with Crippen LogP contribution in [0.1, 0.15) is 6.92 Å². The van der Waals surface area contributed by atoms with E-state index in [1.54, 1.807) is 19.1 Å². The van der Waals surface area contributed by atoms with Crippen LogP contribution in [0.5, 0.6) is 11.5 Å². The highest BCUT2D eigenvalue weighted by Crippen LogP contribution is 2.31. The molecule has 132 valence electrons. The van der Waals surface area contributed by atoms with Crippen LogP contribution in [0.15, 0.2) is 48.5 Å². The zero-order valence-corrected chi connectivity index (χ0v) is 14.2. The van der Waals surface area contributed by atoms with Crippen molar-refractivity contribution >= 4 is 11.6 Å². The fraction of sp³-hybridized carbons (Fsp3) is 0.316. The van der Waals surface area contributed by atoms with E-state index in [4.69, 9.17) is 9.47 Å². The molecule has 1 aliphatic rings. The van der Waals surface area contributed by atoms with Gasteiger partial charge in [0.05, 0.1) is 11.7 Å². The first-order valence-corrected chi connectivity index (χ1v) is 8.18. The summed E-state index contributed by atoms with van der Waals surface area (Å²) in [7, 11) is 1.83. The fourth-order valence-electron chi connectivity index (χ4n) is 2.63. The number of ether oxygens (including phenoxy) is 2. The Morgan fingerprint density at radius 3 is 2.68 bits per heavy atom. The summed E-state index contributed by atoms with van der Waals surface area (Å²) in [5.41, 5.74) is 0.180. The lowest BCUT2D eigenvalue weighted by molar-refractivity contribution is -0.120. The van der Waals surface area contributed by atoms with Crippen molar-refractivity contribution in [2.24, 2.45) is 0 Å². The summed E-state index contributed by atoms with van der Waals surface area (Å²) < 4.78 is 25.3. The van der Waals surface area contributed by atoms with Crippen LogP contribution in [0.3, 0.4) is 0 Å². The second-order valence-electron chi connectivity index (χ2n) is 6.08. The molecular formula is C19H21FN2O3. The number of hydrogen-bond acceptors (Lipinski definition) is 4. The zero-order valence-electron chi connectivity index (χ0n) is 14.2. The van der Waals surface area contributed by atoms with Crippen LogP contribution in [-0.2, 0) is 4.79 Å². The summed E-state index contributed by atoms with van der Waals surface area (Å²) in [5.74, 6) is 0.707. The van der Waals surface area contributed by atoms with E-state index >= 15 is 0 Å². The highest BCUT2D eigenvalue weighted by Gasteiger charge is 2.26. The molecule has 1 aliphatic heterocycles. The minimum absolute atomic E-state index is 0.177. The maximum atomic E-state index is 13.7. The molecule has 0 fully saturated rings. The minimum atomic E-state index is -0.452. The molecule has 1 amide bonds. The van der Waals surface area contributed by atoms with Crippen molar-refractivity contribution in [2.45, 2.75) is 19.1 Å². The third kappa shape index (κ3) is 4.09. The van der Waals surface area contributed by atoms with Crippen LogP contribution in [0.25, 0.3) is 0 Å². The Bertz CT molecular complexity index is 753. The molecule has 0 spiro atoms. The summed E-state index contributed by atoms with van der Waals surface area (Å²) >= 11 is 0. The van der Waals surface area contributed by atoms with Crippen molar-refractivity contribution < 1.29 is 18.7 Å². The van der Waals surface area contributed by atoms with Crippen LogP contribution in [0.2, 0.25) is 0 Å². The molecule has 0 saturated carbocycles. The van der Waals surface area contributed by atoms with Gasteiger partial charge in [-0.15, -0.1) is 0 Å². The van der Waals surface area contributed by atoms with Gasteiger partial charge in [0, 0.05) is 6.54 Å². The number of hydrogen-bond donors (Lipinski definition) is 1. The molecule has 6 heteroatoms. The first-order chi connectivity index (χ1) is 12.0. The third-order valence-corrected chi connectivity index (χ3v) is 4.23. The Morgan fingerprint density at radius 2 is 1.92 bits per heavy atom. The van der Waals surface area contributed by atoms with Gasteiger partial charge in [0.15, 0.2) is 11.5 Å². The molecule has 2 atom stereocenters. The number of benzene rings is 2. The van der Waals surface area contributed by atoms with E-state index in [1.165, 1.54) is 12.1 Å². The highest BCUT2D eigenvalue weighted by atomic mass is 19.1. The molecule has 1 N–H and O–H groups in total. The molecule has 0 aliphatic carbocycles. The largest absolute Gasteiger partial charge is 0.486 e. The molecule has 25 heavy (non-hydrogen) atoms. The monoisotopic (exact) mass is 344 g/mol. The maximum Gasteiger partial charge on any atom is 0.241 e. The topological polar surface area (TPSA) is 50.8 Å². The number of anilines is 1. The molecule has 3 rings (SSSR count). The minimum Gasteiger partial charge on any atom is -0.486 e. The molecule has 0 unspecified atom stereocenters. The van der Waals surface area contributed by atoms with Crippen molar-refractivity contribution in [3.05, 3.63) is 54.3 Å². The summed E-state index contributed by atoms with van der Waals surface area (Å²) in [6, 6.07) is 13.2. The number of amides is 1. The van der Waals surface area contributed by atoms with E-state index in [0.717, 1.165) is 5.75 Å². The van der Waals surface area contributed by atoms with Crippen molar-refractivity contribution in [3.8, 4) is 11.5 Å². The molecule has 2 aromatic rings. The fourth-order valence-corrected chi connectivity index (χ4v) is 2.63. The number of nitrogens with zero attached hydrogens (tertiary/aromatic N) is 1. The van der Waals surface area contributed by atoms with E-state index in [0.29, 0.717) is 18.9 Å². The summed E-state index contributed by atoms with van der Waals surface area (Å²) in [6.45, 7) is 2.71. The van der Waals surface area contributed by atoms with E-state index in [9.17, 15) is 9.18 Å². The van der Waals surface area contributed by atoms with Gasteiger partial charge in [-0.1, -0.05) is 24.3 Å². The number of fused-ring (bicyclic) bond motifs is 1. The van der Waals surface area contributed by atoms with Gasteiger partial charge in [0.25, 0.3) is 0 Å². The van der Waals surface area contributed by atoms with Crippen molar-refractivity contribution in [2.75, 3.05) is 25.5 Å². The normalized spacial score (nSPS) is 17.2. The predicted molar refractivity (Wildman–Crippen MR) is 93.5 cm³/mol. The highest BCUT2D eigenvalue weighted by molar-refractivity contribution is 5.94. The number of nitrogens with one attached hydrogen (secondary N) is 1. The van der Waals surface area contributed by atoms with E-state index in [2.05, 4.69) is 5.32 Å². The van der Waals surface area contributed by atoms with E-state index in [1.807, 2.05) is 36.2 Å². The Kier molecular flexibility index (Phi) is 5.19. The lowest BCUT2D eigenvalue weighted by Gasteiger charge is -2.31. The summed E-state index contributed by atoms with van der Waals surface area (Å²) in [6.07, 6.45) is -0.177. The van der Waals surface area contributed by atoms with Gasteiger partial charge in [0.1, 0.15) is 18.5 Å². The Balaban J connectivity index is 1.57. The summed E-state index contributed by atoms with van der Waals surface area (Å²) in [5, 5.41) is 2.62. The van der Waals surface area contributed by atoms with Crippen LogP contribution in [0, 0.1) is 5.82 Å². The summed E-state index contributed by atoms with van der Waals surface area (Å²) in [4.78, 5) is 14.2. The first-order valence-electron chi connectivity index (χ1n) is 8.18. The smallest absolute Gasteiger partial charge is 0.241 e. The predicted octanol–water partition coefficient (Wildman–Crippen LogP) is 2.92. The molecule has 0 saturated heterocycles. The lowest BCUT2D eigenvalue weighted by atomic mass is 10.2. The maximum absolute atomic E-state index is 13.7. The van der Waals surface area contributed by atoms with Crippen molar-refractivity contribution in [3.63, 3.8) is 0 Å². The number of rotatable bonds is 5. The van der Waals surface area contributed by atoms with Gasteiger partial charge >= 0.3 is 0 Å².